The number of carbonyl (C=O) groups is 1. The third kappa shape index (κ3) is 2.84. The maximum Gasteiger partial charge on any atom is 0.236 e. The molecule has 1 saturated carbocycles. The summed E-state index contributed by atoms with van der Waals surface area (Å²) in [5.74, 6) is 0.954. The van der Waals surface area contributed by atoms with Crippen LogP contribution < -0.4 is 0 Å². The van der Waals surface area contributed by atoms with Crippen molar-refractivity contribution >= 4 is 29.3 Å². The minimum atomic E-state index is 0.0725. The van der Waals surface area contributed by atoms with Crippen LogP contribution in [0.4, 0.5) is 0 Å². The van der Waals surface area contributed by atoms with Gasteiger partial charge in [-0.2, -0.15) is 0 Å². The van der Waals surface area contributed by atoms with Crippen molar-refractivity contribution in [3.05, 3.63) is 29.8 Å². The third-order valence-electron chi connectivity index (χ3n) is 4.25. The van der Waals surface area contributed by atoms with E-state index in [1.165, 1.54) is 29.7 Å². The van der Waals surface area contributed by atoms with Crippen LogP contribution in [0.25, 0.3) is 0 Å². The average Bonchev–Trinajstić information content (AvgIpc) is 2.84. The van der Waals surface area contributed by atoms with E-state index in [0.717, 1.165) is 19.4 Å². The van der Waals surface area contributed by atoms with Gasteiger partial charge in [0.25, 0.3) is 0 Å². The van der Waals surface area contributed by atoms with Gasteiger partial charge in [-0.25, -0.2) is 0 Å². The van der Waals surface area contributed by atoms with Crippen LogP contribution in [-0.2, 0) is 11.2 Å². The van der Waals surface area contributed by atoms with Crippen LogP contribution in [0.5, 0.6) is 0 Å². The van der Waals surface area contributed by atoms with Crippen LogP contribution in [0, 0.1) is 0 Å². The molecule has 0 spiro atoms. The monoisotopic (exact) mass is 309 g/mol. The Kier molecular flexibility index (Phi) is 4.57. The standard InChI is InChI=1S/C16H20ClNOS/c17-9-4-10-18(13-6-3-7-13)16(19)15-11-12-5-1-2-8-14(12)20-15/h1-2,5,8,13,15H,3-4,6-7,9-11H2. The Morgan fingerprint density at radius 3 is 2.80 bits per heavy atom. The van der Waals surface area contributed by atoms with Crippen molar-refractivity contribution in [1.82, 2.24) is 4.90 Å². The normalized spacial score (nSPS) is 21.4. The largest absolute Gasteiger partial charge is 0.339 e. The molecule has 1 aliphatic carbocycles. The lowest BCUT2D eigenvalue weighted by atomic mass is 9.91. The van der Waals surface area contributed by atoms with Crippen molar-refractivity contribution in [2.24, 2.45) is 0 Å². The highest BCUT2D eigenvalue weighted by atomic mass is 35.5. The molecule has 108 valence electrons. The van der Waals surface area contributed by atoms with E-state index in [-0.39, 0.29) is 5.25 Å². The van der Waals surface area contributed by atoms with Gasteiger partial charge in [0.1, 0.15) is 0 Å². The fourth-order valence-corrected chi connectivity index (χ4v) is 4.29. The fourth-order valence-electron chi connectivity index (χ4n) is 2.91. The molecule has 0 aromatic heterocycles. The van der Waals surface area contributed by atoms with Crippen LogP contribution >= 0.6 is 23.4 Å². The quantitative estimate of drug-likeness (QED) is 0.773. The molecule has 2 aliphatic rings. The molecule has 1 unspecified atom stereocenters. The molecule has 2 nitrogen and oxygen atoms in total. The minimum Gasteiger partial charge on any atom is -0.339 e. The second kappa shape index (κ2) is 6.40. The van der Waals surface area contributed by atoms with Gasteiger partial charge < -0.3 is 4.90 Å². The first-order chi connectivity index (χ1) is 9.79. The summed E-state index contributed by atoms with van der Waals surface area (Å²) in [5, 5.41) is 0.0725. The number of fused-ring (bicyclic) bond motifs is 1. The number of nitrogens with zero attached hydrogens (tertiary/aromatic N) is 1. The SMILES string of the molecule is O=C(C1Cc2ccccc2S1)N(CCCCl)C1CCC1. The summed E-state index contributed by atoms with van der Waals surface area (Å²) in [5.41, 5.74) is 1.32. The molecule has 0 radical (unpaired) electrons. The van der Waals surface area contributed by atoms with E-state index in [4.69, 9.17) is 11.6 Å². The van der Waals surface area contributed by atoms with Crippen molar-refractivity contribution in [2.75, 3.05) is 12.4 Å². The molecule has 1 atom stereocenters. The van der Waals surface area contributed by atoms with E-state index >= 15 is 0 Å². The van der Waals surface area contributed by atoms with E-state index in [0.29, 0.717) is 17.8 Å². The predicted molar refractivity (Wildman–Crippen MR) is 84.5 cm³/mol. The molecule has 1 aliphatic heterocycles. The Bertz CT molecular complexity index is 464. The molecule has 1 aromatic carbocycles. The number of carbonyl (C=O) groups excluding carboxylic acids is 1. The molecule has 1 amide bonds. The second-order valence-corrected chi connectivity index (χ2v) is 7.20. The molecule has 20 heavy (non-hydrogen) atoms. The minimum absolute atomic E-state index is 0.0725. The summed E-state index contributed by atoms with van der Waals surface area (Å²) in [4.78, 5) is 16.2. The number of amides is 1. The molecule has 1 heterocycles. The van der Waals surface area contributed by atoms with Gasteiger partial charge in [0.15, 0.2) is 0 Å². The van der Waals surface area contributed by atoms with E-state index in [2.05, 4.69) is 29.2 Å². The summed E-state index contributed by atoms with van der Waals surface area (Å²) < 4.78 is 0. The van der Waals surface area contributed by atoms with Crippen molar-refractivity contribution in [3.8, 4) is 0 Å². The Hall–Kier alpha value is -0.670. The predicted octanol–water partition coefficient (Wildman–Crippen LogP) is 3.71. The number of halogens is 1. The van der Waals surface area contributed by atoms with Crippen LogP contribution in [0.2, 0.25) is 0 Å². The zero-order valence-corrected chi connectivity index (χ0v) is 13.1. The van der Waals surface area contributed by atoms with Gasteiger partial charge >= 0.3 is 0 Å². The summed E-state index contributed by atoms with van der Waals surface area (Å²) in [7, 11) is 0. The molecular formula is C16H20ClNOS. The number of benzene rings is 1. The summed E-state index contributed by atoms with van der Waals surface area (Å²) in [6, 6.07) is 8.84. The first kappa shape index (κ1) is 14.3. The Morgan fingerprint density at radius 2 is 2.15 bits per heavy atom. The zero-order chi connectivity index (χ0) is 13.9. The van der Waals surface area contributed by atoms with Gasteiger partial charge in [0.05, 0.1) is 5.25 Å². The number of hydrogen-bond acceptors (Lipinski definition) is 2. The molecule has 0 bridgehead atoms. The molecular weight excluding hydrogens is 290 g/mol. The van der Waals surface area contributed by atoms with E-state index in [1.54, 1.807) is 11.8 Å². The number of thioether (sulfide) groups is 1. The summed E-state index contributed by atoms with van der Waals surface area (Å²) in [6.07, 6.45) is 5.36. The highest BCUT2D eigenvalue weighted by Gasteiger charge is 2.35. The lowest BCUT2D eigenvalue weighted by Gasteiger charge is -2.38. The maximum atomic E-state index is 12.8. The maximum absolute atomic E-state index is 12.8. The van der Waals surface area contributed by atoms with E-state index < -0.39 is 0 Å². The first-order valence-corrected chi connectivity index (χ1v) is 8.82. The molecule has 0 saturated heterocycles. The first-order valence-electron chi connectivity index (χ1n) is 7.40. The van der Waals surface area contributed by atoms with Crippen molar-refractivity contribution < 1.29 is 4.79 Å². The van der Waals surface area contributed by atoms with E-state index in [9.17, 15) is 4.79 Å². The lowest BCUT2D eigenvalue weighted by molar-refractivity contribution is -0.134. The summed E-state index contributed by atoms with van der Waals surface area (Å²) in [6.45, 7) is 0.820. The Balaban J connectivity index is 1.68. The molecule has 1 fully saturated rings. The van der Waals surface area contributed by atoms with Crippen LogP contribution in [0.3, 0.4) is 0 Å². The fraction of sp³-hybridized carbons (Fsp3) is 0.562. The summed E-state index contributed by atoms with van der Waals surface area (Å²) >= 11 is 7.54. The van der Waals surface area contributed by atoms with Gasteiger partial charge in [-0.1, -0.05) is 18.2 Å². The van der Waals surface area contributed by atoms with Crippen LogP contribution in [-0.4, -0.2) is 34.5 Å². The smallest absolute Gasteiger partial charge is 0.236 e. The highest BCUT2D eigenvalue weighted by molar-refractivity contribution is 8.01. The third-order valence-corrected chi connectivity index (χ3v) is 5.83. The highest BCUT2D eigenvalue weighted by Crippen LogP contribution is 2.38. The van der Waals surface area contributed by atoms with Gasteiger partial charge in [0.2, 0.25) is 5.91 Å². The molecule has 0 N–H and O–H groups in total. The van der Waals surface area contributed by atoms with Crippen molar-refractivity contribution in [3.63, 3.8) is 0 Å². The second-order valence-electron chi connectivity index (χ2n) is 5.58. The lowest BCUT2D eigenvalue weighted by Crippen LogP contribution is -2.48. The van der Waals surface area contributed by atoms with E-state index in [1.807, 2.05) is 0 Å². The number of hydrogen-bond donors (Lipinski definition) is 0. The number of rotatable bonds is 5. The van der Waals surface area contributed by atoms with Crippen LogP contribution in [0.15, 0.2) is 29.2 Å². The molecule has 3 rings (SSSR count). The number of alkyl halides is 1. The average molecular weight is 310 g/mol. The Labute approximate surface area is 129 Å². The molecule has 4 heteroatoms. The van der Waals surface area contributed by atoms with Gasteiger partial charge in [-0.3, -0.25) is 4.79 Å². The zero-order valence-electron chi connectivity index (χ0n) is 11.6. The van der Waals surface area contributed by atoms with Crippen molar-refractivity contribution in [1.29, 1.82) is 0 Å². The molecule has 1 aromatic rings. The van der Waals surface area contributed by atoms with Gasteiger partial charge in [0, 0.05) is 23.4 Å². The van der Waals surface area contributed by atoms with Crippen molar-refractivity contribution in [2.45, 2.75) is 48.3 Å². The van der Waals surface area contributed by atoms with Crippen LogP contribution in [0.1, 0.15) is 31.2 Å². The van der Waals surface area contributed by atoms with Gasteiger partial charge in [-0.05, 0) is 43.7 Å². The Morgan fingerprint density at radius 1 is 1.35 bits per heavy atom. The topological polar surface area (TPSA) is 20.3 Å². The van der Waals surface area contributed by atoms with Gasteiger partial charge in [-0.15, -0.1) is 23.4 Å².